The quantitative estimate of drug-likeness (QED) is 0.221. The Bertz CT molecular complexity index is 1650. The molecule has 1 N–H and O–H groups in total. The lowest BCUT2D eigenvalue weighted by Gasteiger charge is -2.34. The molecule has 0 aromatic carbocycles. The standard InChI is InChI=1S/C27H25F10N7O4/c1-15(41-17-11-40-44(14-47-9-5-25(29,30)31)24(46)21(17)27(35,36)37)13-48-18-4-6-38-23(22(18)28)43-8-7-42(12-20(43)45)19-3-2-16(10-39-19)26(32,33)34/h2-4,6,10-11,15,41H,5,7-9,12-14H2,1H3. The van der Waals surface area contributed by atoms with Crippen molar-refractivity contribution >= 4 is 23.2 Å². The van der Waals surface area contributed by atoms with Gasteiger partial charge in [0.05, 0.1) is 43.1 Å². The third-order valence-corrected chi connectivity index (χ3v) is 6.67. The number of pyridine rings is 2. The molecule has 1 amide bonds. The molecule has 48 heavy (non-hydrogen) atoms. The number of carbonyl (C=O) groups is 1. The van der Waals surface area contributed by atoms with Crippen LogP contribution in [0.1, 0.15) is 24.5 Å². The molecular weight excluding hydrogens is 676 g/mol. The second-order valence-electron chi connectivity index (χ2n) is 10.3. The third kappa shape index (κ3) is 9.01. The molecule has 11 nitrogen and oxygen atoms in total. The van der Waals surface area contributed by atoms with E-state index in [1.54, 1.807) is 0 Å². The normalized spacial score (nSPS) is 15.1. The monoisotopic (exact) mass is 701 g/mol. The second kappa shape index (κ2) is 14.2. The van der Waals surface area contributed by atoms with Crippen LogP contribution in [0, 0.1) is 5.82 Å². The van der Waals surface area contributed by atoms with Gasteiger partial charge in [0, 0.05) is 31.5 Å². The van der Waals surface area contributed by atoms with E-state index in [2.05, 4.69) is 25.1 Å². The molecule has 1 saturated heterocycles. The van der Waals surface area contributed by atoms with Crippen molar-refractivity contribution in [1.82, 2.24) is 19.7 Å². The topological polar surface area (TPSA) is 115 Å². The van der Waals surface area contributed by atoms with E-state index in [1.807, 2.05) is 0 Å². The molecule has 3 aromatic rings. The summed E-state index contributed by atoms with van der Waals surface area (Å²) in [5.74, 6) is -2.49. The number of halogens is 10. The lowest BCUT2D eigenvalue weighted by atomic mass is 10.2. The van der Waals surface area contributed by atoms with Gasteiger partial charge in [-0.1, -0.05) is 0 Å². The summed E-state index contributed by atoms with van der Waals surface area (Å²) in [5.41, 5.74) is -5.14. The summed E-state index contributed by atoms with van der Waals surface area (Å²) in [6.07, 6.45) is -13.4. The van der Waals surface area contributed by atoms with Gasteiger partial charge >= 0.3 is 18.5 Å². The highest BCUT2D eigenvalue weighted by molar-refractivity contribution is 5.97. The van der Waals surface area contributed by atoms with E-state index in [0.29, 0.717) is 12.4 Å². The number of alkyl halides is 9. The Morgan fingerprint density at radius 1 is 0.958 bits per heavy atom. The van der Waals surface area contributed by atoms with Gasteiger partial charge in [0.2, 0.25) is 11.7 Å². The molecule has 1 fully saturated rings. The zero-order chi connectivity index (χ0) is 35.4. The van der Waals surface area contributed by atoms with Crippen molar-refractivity contribution in [2.24, 2.45) is 0 Å². The molecule has 0 bridgehead atoms. The van der Waals surface area contributed by atoms with Crippen LogP contribution in [0.2, 0.25) is 0 Å². The molecule has 1 aliphatic rings. The predicted octanol–water partition coefficient (Wildman–Crippen LogP) is 4.87. The number of hydrogen-bond donors (Lipinski definition) is 1. The van der Waals surface area contributed by atoms with E-state index in [0.717, 1.165) is 29.3 Å². The number of aromatic nitrogens is 4. The Hall–Kier alpha value is -4.69. The van der Waals surface area contributed by atoms with Crippen LogP contribution < -0.4 is 25.4 Å². The highest BCUT2D eigenvalue weighted by atomic mass is 19.4. The van der Waals surface area contributed by atoms with E-state index in [1.165, 1.54) is 11.8 Å². The minimum atomic E-state index is -5.21. The van der Waals surface area contributed by atoms with Crippen molar-refractivity contribution in [2.75, 3.05) is 48.0 Å². The number of hydrogen-bond acceptors (Lipinski definition) is 9. The van der Waals surface area contributed by atoms with E-state index in [4.69, 9.17) is 4.74 Å². The van der Waals surface area contributed by atoms with Crippen LogP contribution in [0.4, 0.5) is 61.2 Å². The lowest BCUT2D eigenvalue weighted by molar-refractivity contribution is -0.148. The summed E-state index contributed by atoms with van der Waals surface area (Å²) in [7, 11) is 0. The Labute approximate surface area is 264 Å². The Morgan fingerprint density at radius 3 is 2.29 bits per heavy atom. The summed E-state index contributed by atoms with van der Waals surface area (Å²) in [4.78, 5) is 35.3. The highest BCUT2D eigenvalue weighted by Gasteiger charge is 2.39. The maximum absolute atomic E-state index is 15.4. The number of nitrogens with zero attached hydrogens (tertiary/aromatic N) is 6. The average molecular weight is 702 g/mol. The van der Waals surface area contributed by atoms with Gasteiger partial charge in [-0.05, 0) is 19.1 Å². The fraction of sp³-hybridized carbons (Fsp3) is 0.444. The molecule has 1 atom stereocenters. The van der Waals surface area contributed by atoms with Crippen molar-refractivity contribution < 1.29 is 58.2 Å². The van der Waals surface area contributed by atoms with Crippen LogP contribution in [0.15, 0.2) is 41.6 Å². The average Bonchev–Trinajstić information content (AvgIpc) is 2.98. The number of piperazine rings is 1. The first-order valence-corrected chi connectivity index (χ1v) is 13.8. The van der Waals surface area contributed by atoms with E-state index < -0.39 is 96.6 Å². The molecule has 1 unspecified atom stereocenters. The number of anilines is 3. The van der Waals surface area contributed by atoms with E-state index in [-0.39, 0.29) is 30.1 Å². The molecule has 0 spiro atoms. The largest absolute Gasteiger partial charge is 0.488 e. The summed E-state index contributed by atoms with van der Waals surface area (Å²) >= 11 is 0. The molecule has 3 aromatic heterocycles. The fourth-order valence-electron chi connectivity index (χ4n) is 4.37. The van der Waals surface area contributed by atoms with E-state index >= 15 is 4.39 Å². The van der Waals surface area contributed by atoms with Crippen molar-refractivity contribution in [1.29, 1.82) is 0 Å². The molecule has 0 aliphatic carbocycles. The van der Waals surface area contributed by atoms with Crippen molar-refractivity contribution in [3.8, 4) is 5.75 Å². The molecule has 4 rings (SSSR count). The van der Waals surface area contributed by atoms with Gasteiger partial charge in [-0.2, -0.15) is 49.0 Å². The number of ether oxygens (including phenoxy) is 2. The van der Waals surface area contributed by atoms with Gasteiger partial charge < -0.3 is 19.7 Å². The summed E-state index contributed by atoms with van der Waals surface area (Å²) in [6.45, 7) is -1.44. The zero-order valence-electron chi connectivity index (χ0n) is 24.6. The van der Waals surface area contributed by atoms with Gasteiger partial charge in [-0.25, -0.2) is 14.6 Å². The number of nitrogens with one attached hydrogen (secondary N) is 1. The van der Waals surface area contributed by atoms with Crippen LogP contribution in [-0.2, 0) is 28.6 Å². The Kier molecular flexibility index (Phi) is 10.7. The molecule has 0 saturated carbocycles. The van der Waals surface area contributed by atoms with Gasteiger partial charge in [0.15, 0.2) is 11.6 Å². The second-order valence-corrected chi connectivity index (χ2v) is 10.3. The molecule has 1 aliphatic heterocycles. The minimum absolute atomic E-state index is 0.0608. The third-order valence-electron chi connectivity index (χ3n) is 6.67. The van der Waals surface area contributed by atoms with Crippen molar-refractivity contribution in [2.45, 2.75) is 44.6 Å². The fourth-order valence-corrected chi connectivity index (χ4v) is 4.37. The van der Waals surface area contributed by atoms with Crippen molar-refractivity contribution in [3.05, 3.63) is 64.1 Å². The first-order chi connectivity index (χ1) is 22.3. The van der Waals surface area contributed by atoms with Gasteiger partial charge in [0.25, 0.3) is 5.56 Å². The number of amides is 1. The van der Waals surface area contributed by atoms with Gasteiger partial charge in [0.1, 0.15) is 24.7 Å². The molecule has 0 radical (unpaired) electrons. The maximum Gasteiger partial charge on any atom is 0.423 e. The van der Waals surface area contributed by atoms with Crippen LogP contribution >= 0.6 is 0 Å². The van der Waals surface area contributed by atoms with Crippen LogP contribution in [0.3, 0.4) is 0 Å². The van der Waals surface area contributed by atoms with Crippen LogP contribution in [0.25, 0.3) is 0 Å². The molecule has 21 heteroatoms. The van der Waals surface area contributed by atoms with Crippen molar-refractivity contribution in [3.63, 3.8) is 0 Å². The number of rotatable bonds is 11. The van der Waals surface area contributed by atoms with Gasteiger partial charge in [-0.3, -0.25) is 14.5 Å². The summed E-state index contributed by atoms with van der Waals surface area (Å²) in [5, 5.41) is 5.91. The molecular formula is C27H25F10N7O4. The Morgan fingerprint density at radius 2 is 1.69 bits per heavy atom. The smallest absolute Gasteiger partial charge is 0.423 e. The first-order valence-electron chi connectivity index (χ1n) is 13.8. The Balaban J connectivity index is 1.39. The predicted molar refractivity (Wildman–Crippen MR) is 147 cm³/mol. The maximum atomic E-state index is 15.4. The molecule has 262 valence electrons. The SMILES string of the molecule is CC(COc1ccnc(N2CCN(c3ccc(C(F)(F)F)cn3)CC2=O)c1F)Nc1cnn(COCCC(F)(F)F)c(=O)c1C(F)(F)F. The molecule has 4 heterocycles. The van der Waals surface area contributed by atoms with Crippen LogP contribution in [0.5, 0.6) is 5.75 Å². The lowest BCUT2D eigenvalue weighted by Crippen LogP contribution is -2.51. The zero-order valence-corrected chi connectivity index (χ0v) is 24.6. The first kappa shape index (κ1) is 36.2. The summed E-state index contributed by atoms with van der Waals surface area (Å²) in [6, 6.07) is 2.00. The van der Waals surface area contributed by atoms with Gasteiger partial charge in [-0.15, -0.1) is 0 Å². The van der Waals surface area contributed by atoms with Crippen LogP contribution in [-0.4, -0.2) is 70.7 Å². The van der Waals surface area contributed by atoms with E-state index in [9.17, 15) is 49.1 Å². The highest BCUT2D eigenvalue weighted by Crippen LogP contribution is 2.33. The summed E-state index contributed by atoms with van der Waals surface area (Å²) < 4.78 is 142. The number of carbonyl (C=O) groups excluding carboxylic acids is 1. The minimum Gasteiger partial charge on any atom is -0.488 e.